The molecule has 0 spiro atoms. The summed E-state index contributed by atoms with van der Waals surface area (Å²) >= 11 is 0. The van der Waals surface area contributed by atoms with Crippen molar-refractivity contribution in [1.82, 2.24) is 10.2 Å². The molecule has 3 aromatic rings. The molecule has 0 aliphatic carbocycles. The van der Waals surface area contributed by atoms with Crippen molar-refractivity contribution in [2.24, 2.45) is 0 Å². The quantitative estimate of drug-likeness (QED) is 0.511. The van der Waals surface area contributed by atoms with Crippen LogP contribution in [0.2, 0.25) is 0 Å². The second kappa shape index (κ2) is 9.61. The number of ether oxygens (including phenoxy) is 1. The van der Waals surface area contributed by atoms with Gasteiger partial charge in [0.15, 0.2) is 0 Å². The van der Waals surface area contributed by atoms with Crippen molar-refractivity contribution in [2.75, 3.05) is 6.61 Å². The number of benzene rings is 2. The predicted octanol–water partition coefficient (Wildman–Crippen LogP) is 4.10. The van der Waals surface area contributed by atoms with Crippen molar-refractivity contribution in [3.8, 4) is 5.75 Å². The smallest absolute Gasteiger partial charge is 0.267 e. The van der Waals surface area contributed by atoms with Crippen molar-refractivity contribution in [3.63, 3.8) is 0 Å². The third-order valence-electron chi connectivity index (χ3n) is 5.20. The van der Waals surface area contributed by atoms with Gasteiger partial charge in [-0.05, 0) is 48.1 Å². The maximum Gasteiger partial charge on any atom is 0.267 e. The summed E-state index contributed by atoms with van der Waals surface area (Å²) in [6, 6.07) is 15.9. The van der Waals surface area contributed by atoms with Gasteiger partial charge in [0, 0.05) is 24.1 Å². The first-order valence-corrected chi connectivity index (χ1v) is 10.2. The van der Waals surface area contributed by atoms with Gasteiger partial charge in [-0.2, -0.15) is 0 Å². The monoisotopic (exact) mass is 394 g/mol. The zero-order chi connectivity index (χ0) is 20.8. The molecule has 3 rings (SSSR count). The van der Waals surface area contributed by atoms with E-state index in [9.17, 15) is 9.90 Å². The Morgan fingerprint density at radius 3 is 2.52 bits per heavy atom. The van der Waals surface area contributed by atoms with Crippen molar-refractivity contribution in [2.45, 2.75) is 52.1 Å². The molecule has 0 bridgehead atoms. The highest BCUT2D eigenvalue weighted by atomic mass is 16.5. The molecule has 2 aromatic carbocycles. The van der Waals surface area contributed by atoms with Gasteiger partial charge < -0.3 is 14.9 Å². The standard InChI is InChI=1S/C24H30N2O3/c1-16(2)23-22(24(28)26-25-23)15-19-9-10-21(13-17(19)3)29-12-11-20(27)14-18-7-5-4-6-8-18/h4-10,13,16,20,27H,11-12,14-15H2,1-3H3,(H2,25,26,28). The molecule has 29 heavy (non-hydrogen) atoms. The average molecular weight is 395 g/mol. The lowest BCUT2D eigenvalue weighted by molar-refractivity contribution is 0.139. The Morgan fingerprint density at radius 1 is 1.07 bits per heavy atom. The van der Waals surface area contributed by atoms with Gasteiger partial charge in [0.2, 0.25) is 0 Å². The van der Waals surface area contributed by atoms with E-state index in [1.165, 1.54) is 0 Å². The number of nitrogens with one attached hydrogen (secondary N) is 2. The number of aryl methyl sites for hydroxylation is 1. The van der Waals surface area contributed by atoms with Crippen LogP contribution in [0.3, 0.4) is 0 Å². The Hall–Kier alpha value is -2.79. The molecule has 0 amide bonds. The van der Waals surface area contributed by atoms with Gasteiger partial charge in [-0.25, -0.2) is 0 Å². The summed E-state index contributed by atoms with van der Waals surface area (Å²) in [6.07, 6.45) is 1.37. The fourth-order valence-corrected chi connectivity index (χ4v) is 3.51. The van der Waals surface area contributed by atoms with Gasteiger partial charge in [-0.15, -0.1) is 0 Å². The van der Waals surface area contributed by atoms with E-state index >= 15 is 0 Å². The number of hydrogen-bond acceptors (Lipinski definition) is 3. The third kappa shape index (κ3) is 5.61. The van der Waals surface area contributed by atoms with Gasteiger partial charge in [0.1, 0.15) is 5.75 Å². The third-order valence-corrected chi connectivity index (χ3v) is 5.20. The SMILES string of the molecule is Cc1cc(OCCC(O)Cc2ccccc2)ccc1Cc1c(C(C)C)[nH][nH]c1=O. The number of aromatic amines is 2. The number of hydrogen-bond donors (Lipinski definition) is 3. The molecule has 154 valence electrons. The Morgan fingerprint density at radius 2 is 1.83 bits per heavy atom. The van der Waals surface area contributed by atoms with Crippen LogP contribution in [0.1, 0.15) is 54.1 Å². The maximum atomic E-state index is 12.1. The first-order chi connectivity index (χ1) is 13.9. The molecule has 0 aliphatic heterocycles. The zero-order valence-electron chi connectivity index (χ0n) is 17.4. The van der Waals surface area contributed by atoms with E-state index in [-0.39, 0.29) is 11.5 Å². The van der Waals surface area contributed by atoms with E-state index in [1.807, 2.05) is 55.5 Å². The fraction of sp³-hybridized carbons (Fsp3) is 0.375. The second-order valence-electron chi connectivity index (χ2n) is 7.87. The first kappa shape index (κ1) is 20.9. The van der Waals surface area contributed by atoms with Gasteiger partial charge in [0.25, 0.3) is 5.56 Å². The minimum Gasteiger partial charge on any atom is -0.493 e. The summed E-state index contributed by atoms with van der Waals surface area (Å²) in [5, 5.41) is 15.9. The average Bonchev–Trinajstić information content (AvgIpc) is 3.05. The molecule has 0 saturated heterocycles. The van der Waals surface area contributed by atoms with Crippen LogP contribution in [0.15, 0.2) is 53.3 Å². The second-order valence-corrected chi connectivity index (χ2v) is 7.87. The number of H-pyrrole nitrogens is 2. The van der Waals surface area contributed by atoms with E-state index < -0.39 is 6.10 Å². The molecule has 5 nitrogen and oxygen atoms in total. The Bertz CT molecular complexity index is 973. The minimum atomic E-state index is -0.424. The largest absolute Gasteiger partial charge is 0.493 e. The van der Waals surface area contributed by atoms with Crippen molar-refractivity contribution >= 4 is 0 Å². The normalized spacial score (nSPS) is 12.3. The molecule has 1 aromatic heterocycles. The number of aliphatic hydroxyl groups excluding tert-OH is 1. The predicted molar refractivity (Wildman–Crippen MR) is 116 cm³/mol. The van der Waals surface area contributed by atoms with E-state index in [0.717, 1.165) is 33.7 Å². The molecule has 0 radical (unpaired) electrons. The van der Waals surface area contributed by atoms with Gasteiger partial charge in [-0.3, -0.25) is 9.89 Å². The highest BCUT2D eigenvalue weighted by Gasteiger charge is 2.15. The van der Waals surface area contributed by atoms with E-state index in [0.29, 0.717) is 25.9 Å². The number of aliphatic hydroxyl groups is 1. The lowest BCUT2D eigenvalue weighted by atomic mass is 9.97. The van der Waals surface area contributed by atoms with Crippen LogP contribution in [0, 0.1) is 6.92 Å². The van der Waals surface area contributed by atoms with E-state index in [1.54, 1.807) is 0 Å². The van der Waals surface area contributed by atoms with Gasteiger partial charge >= 0.3 is 0 Å². The van der Waals surface area contributed by atoms with Gasteiger partial charge in [0.05, 0.1) is 12.7 Å². The van der Waals surface area contributed by atoms with Crippen molar-refractivity contribution in [3.05, 3.63) is 86.8 Å². The zero-order valence-corrected chi connectivity index (χ0v) is 17.4. The van der Waals surface area contributed by atoms with Crippen molar-refractivity contribution in [1.29, 1.82) is 0 Å². The number of rotatable bonds is 9. The molecule has 1 unspecified atom stereocenters. The molecule has 0 saturated carbocycles. The van der Waals surface area contributed by atoms with Crippen LogP contribution >= 0.6 is 0 Å². The molecular formula is C24H30N2O3. The summed E-state index contributed by atoms with van der Waals surface area (Å²) in [5.41, 5.74) is 5.01. The molecule has 5 heteroatoms. The highest BCUT2D eigenvalue weighted by Crippen LogP contribution is 2.22. The van der Waals surface area contributed by atoms with Gasteiger partial charge in [-0.1, -0.05) is 50.2 Å². The lowest BCUT2D eigenvalue weighted by Crippen LogP contribution is -2.15. The Labute approximate surface area is 171 Å². The van der Waals surface area contributed by atoms with Crippen LogP contribution in [0.4, 0.5) is 0 Å². The summed E-state index contributed by atoms with van der Waals surface area (Å²) in [6.45, 7) is 6.63. The molecule has 1 atom stereocenters. The van der Waals surface area contributed by atoms with Crippen LogP contribution < -0.4 is 10.3 Å². The molecule has 0 aliphatic rings. The molecule has 1 heterocycles. The Balaban J connectivity index is 1.56. The molecule has 3 N–H and O–H groups in total. The maximum absolute atomic E-state index is 12.1. The summed E-state index contributed by atoms with van der Waals surface area (Å²) in [4.78, 5) is 12.1. The fourth-order valence-electron chi connectivity index (χ4n) is 3.51. The van der Waals surface area contributed by atoms with Crippen LogP contribution in [-0.4, -0.2) is 28.0 Å². The summed E-state index contributed by atoms with van der Waals surface area (Å²) in [7, 11) is 0. The Kier molecular flexibility index (Phi) is 6.94. The molecular weight excluding hydrogens is 364 g/mol. The molecule has 0 fully saturated rings. The minimum absolute atomic E-state index is 0.0548. The lowest BCUT2D eigenvalue weighted by Gasteiger charge is -2.13. The van der Waals surface area contributed by atoms with Crippen molar-refractivity contribution < 1.29 is 9.84 Å². The topological polar surface area (TPSA) is 78.1 Å². The number of aromatic nitrogens is 2. The van der Waals surface area contributed by atoms with Crippen LogP contribution in [-0.2, 0) is 12.8 Å². The van der Waals surface area contributed by atoms with E-state index in [4.69, 9.17) is 4.74 Å². The van der Waals surface area contributed by atoms with E-state index in [2.05, 4.69) is 24.0 Å². The first-order valence-electron chi connectivity index (χ1n) is 10.2. The summed E-state index contributed by atoms with van der Waals surface area (Å²) in [5.74, 6) is 1.04. The highest BCUT2D eigenvalue weighted by molar-refractivity contribution is 5.38. The summed E-state index contributed by atoms with van der Waals surface area (Å²) < 4.78 is 5.84. The van der Waals surface area contributed by atoms with Crippen LogP contribution in [0.25, 0.3) is 0 Å². The van der Waals surface area contributed by atoms with Crippen LogP contribution in [0.5, 0.6) is 5.75 Å².